The first kappa shape index (κ1) is 29.6. The summed E-state index contributed by atoms with van der Waals surface area (Å²) in [7, 11) is 0. The van der Waals surface area contributed by atoms with Crippen LogP contribution < -0.4 is 0 Å². The van der Waals surface area contributed by atoms with Gasteiger partial charge in [0.05, 0.1) is 19.6 Å². The Hall–Kier alpha value is -1.43. The van der Waals surface area contributed by atoms with Gasteiger partial charge in [-0.05, 0) is 6.42 Å². The second-order valence-electron chi connectivity index (χ2n) is 3.52. The number of rotatable bonds is 9. The van der Waals surface area contributed by atoms with E-state index in [2.05, 4.69) is 0 Å². The normalized spacial score (nSPS) is 8.26. The summed E-state index contributed by atoms with van der Waals surface area (Å²) in [5.41, 5.74) is 0. The molecule has 0 aliphatic heterocycles. The lowest BCUT2D eigenvalue weighted by Gasteiger charge is -1.86. The number of hydrogen-bond acceptors (Lipinski definition) is 9. The summed E-state index contributed by atoms with van der Waals surface area (Å²) in [5, 5.41) is 55.3. The van der Waals surface area contributed by atoms with Gasteiger partial charge < -0.3 is 40.5 Å². The van der Waals surface area contributed by atoms with Crippen LogP contribution in [0.5, 0.6) is 0 Å². The summed E-state index contributed by atoms with van der Waals surface area (Å²) < 4.78 is 0. The van der Waals surface area contributed by atoms with Crippen LogP contribution in [0.2, 0.25) is 0 Å². The highest BCUT2D eigenvalue weighted by Crippen LogP contribution is 1.75. The third-order valence-electron chi connectivity index (χ3n) is 1.46. The fourth-order valence-corrected chi connectivity index (χ4v) is 0.423. The van der Waals surface area contributed by atoms with Crippen molar-refractivity contribution in [3.63, 3.8) is 0 Å². The van der Waals surface area contributed by atoms with E-state index >= 15 is 0 Å². The summed E-state index contributed by atoms with van der Waals surface area (Å²) >= 11 is 0. The second-order valence-corrected chi connectivity index (χ2v) is 3.52. The van der Waals surface area contributed by atoms with Gasteiger partial charge in [0.25, 0.3) is 0 Å². The fourth-order valence-electron chi connectivity index (χ4n) is 0.423. The zero-order valence-electron chi connectivity index (χ0n) is 13.0. The van der Waals surface area contributed by atoms with Crippen molar-refractivity contribution in [3.05, 3.63) is 0 Å². The average Bonchev–Trinajstić information content (AvgIpc) is 2.51. The minimum Gasteiger partial charge on any atom is -0.481 e. The van der Waals surface area contributed by atoms with Crippen molar-refractivity contribution >= 4 is 18.0 Å². The molecule has 0 bridgehead atoms. The van der Waals surface area contributed by atoms with Gasteiger partial charge >= 0.3 is 5.97 Å². The first-order valence-electron chi connectivity index (χ1n) is 6.73. The van der Waals surface area contributed by atoms with Crippen LogP contribution in [0.15, 0.2) is 0 Å². The molecule has 0 spiro atoms. The molecule has 0 atom stereocenters. The van der Waals surface area contributed by atoms with Crippen LogP contribution in [0.4, 0.5) is 0 Å². The number of Topliss-reactive ketones (excluding diaryl/α,β-unsaturated/α-hetero) is 1. The van der Waals surface area contributed by atoms with Crippen molar-refractivity contribution < 1.29 is 50.1 Å². The molecule has 0 unspecified atom stereocenters. The van der Waals surface area contributed by atoms with E-state index in [1.807, 2.05) is 0 Å². The first-order chi connectivity index (χ1) is 10.9. The highest BCUT2D eigenvalue weighted by Gasteiger charge is 1.93. The predicted octanol–water partition coefficient (Wildman–Crippen LogP) is -2.69. The van der Waals surface area contributed by atoms with Crippen LogP contribution in [0.1, 0.15) is 25.7 Å². The predicted molar refractivity (Wildman–Crippen MR) is 79.7 cm³/mol. The molecule has 0 aromatic rings. The van der Waals surface area contributed by atoms with E-state index in [4.69, 9.17) is 35.7 Å². The van der Waals surface area contributed by atoms with Crippen molar-refractivity contribution in [2.75, 3.05) is 39.6 Å². The number of aliphatic hydroxyl groups is 6. The number of hydrogen-bond donors (Lipinski definition) is 7. The number of carbonyl (C=O) groups is 3. The van der Waals surface area contributed by atoms with Gasteiger partial charge in [-0.15, -0.1) is 0 Å². The van der Waals surface area contributed by atoms with E-state index in [-0.39, 0.29) is 58.1 Å². The largest absolute Gasteiger partial charge is 0.481 e. The fraction of sp³-hybridized carbons (Fsp3) is 0.769. The zero-order valence-corrected chi connectivity index (χ0v) is 13.0. The van der Waals surface area contributed by atoms with Crippen LogP contribution in [-0.2, 0) is 14.4 Å². The summed E-state index contributed by atoms with van der Waals surface area (Å²) in [6, 6.07) is 0. The molecule has 0 heterocycles. The van der Waals surface area contributed by atoms with Gasteiger partial charge in [-0.2, -0.15) is 0 Å². The topological polar surface area (TPSA) is 193 Å². The SMILES string of the molecule is O=C(CO)CCO.O=C(O)CCO.O=CCCO.OCCCO. The molecule has 0 saturated carbocycles. The Balaban J connectivity index is -0.000000106. The van der Waals surface area contributed by atoms with Crippen molar-refractivity contribution in [1.82, 2.24) is 0 Å². The summed E-state index contributed by atoms with van der Waals surface area (Å²) in [5.74, 6) is -1.28. The lowest BCUT2D eigenvalue weighted by atomic mass is 10.3. The van der Waals surface area contributed by atoms with Crippen LogP contribution in [-0.4, -0.2) is 93.4 Å². The van der Waals surface area contributed by atoms with Crippen molar-refractivity contribution in [1.29, 1.82) is 0 Å². The minimum atomic E-state index is -0.961. The molecule has 0 rings (SSSR count). The molecule has 0 aliphatic rings. The molecule has 0 saturated heterocycles. The van der Waals surface area contributed by atoms with Gasteiger partial charge in [0, 0.05) is 32.7 Å². The van der Waals surface area contributed by atoms with E-state index in [9.17, 15) is 14.4 Å². The van der Waals surface area contributed by atoms with Crippen LogP contribution in [0.3, 0.4) is 0 Å². The average molecular weight is 344 g/mol. The summed E-state index contributed by atoms with van der Waals surface area (Å²) in [6.45, 7) is -0.730. The minimum absolute atomic E-state index is 0.0243. The molecule has 7 N–H and O–H groups in total. The van der Waals surface area contributed by atoms with Crippen molar-refractivity contribution in [2.24, 2.45) is 0 Å². The van der Waals surface area contributed by atoms with Crippen LogP contribution in [0, 0.1) is 0 Å². The molecular formula is C13H28O10. The Kier molecular flexibility index (Phi) is 41.8. The molecule has 0 aliphatic carbocycles. The molecule has 10 heteroatoms. The maximum atomic E-state index is 10.0. The second kappa shape index (κ2) is 32.5. The van der Waals surface area contributed by atoms with Gasteiger partial charge in [-0.25, -0.2) is 0 Å². The first-order valence-corrected chi connectivity index (χ1v) is 6.73. The third-order valence-corrected chi connectivity index (χ3v) is 1.46. The molecule has 0 aromatic heterocycles. The highest BCUT2D eigenvalue weighted by atomic mass is 16.4. The zero-order chi connectivity index (χ0) is 18.9. The number of aliphatic carboxylic acids is 1. The molecule has 0 fully saturated rings. The number of aliphatic hydroxyl groups excluding tert-OH is 6. The Labute approximate surface area is 134 Å². The summed E-state index contributed by atoms with van der Waals surface area (Å²) in [4.78, 5) is 28.7. The third kappa shape index (κ3) is 63.5. The standard InChI is InChI=1S/C4H8O3.C3H6O3.C3H8O2.C3H6O2/c5-2-1-4(7)3-6;4-2-1-3(5)6;2*4-2-1-3-5/h5-6H,1-3H2;4H,1-2H2,(H,5,6);4-5H,1-3H2;2,5H,1,3H2. The maximum absolute atomic E-state index is 10.0. The Morgan fingerprint density at radius 2 is 1.22 bits per heavy atom. The van der Waals surface area contributed by atoms with Crippen LogP contribution in [0.25, 0.3) is 0 Å². The molecule has 23 heavy (non-hydrogen) atoms. The van der Waals surface area contributed by atoms with Gasteiger partial charge in [0.1, 0.15) is 12.9 Å². The number of carboxylic acid groups (broad SMARTS) is 1. The van der Waals surface area contributed by atoms with E-state index in [0.717, 1.165) is 0 Å². The van der Waals surface area contributed by atoms with Gasteiger partial charge in [0.15, 0.2) is 5.78 Å². The number of carbonyl (C=O) groups excluding carboxylic acids is 2. The quantitative estimate of drug-likeness (QED) is 0.217. The molecule has 0 amide bonds. The van der Waals surface area contributed by atoms with Gasteiger partial charge in [0.2, 0.25) is 0 Å². The van der Waals surface area contributed by atoms with E-state index in [1.54, 1.807) is 0 Å². The number of ketones is 1. The van der Waals surface area contributed by atoms with E-state index < -0.39 is 12.6 Å². The Morgan fingerprint density at radius 1 is 0.739 bits per heavy atom. The smallest absolute Gasteiger partial charge is 0.305 e. The molecule has 10 nitrogen and oxygen atoms in total. The number of aldehydes is 1. The molecule has 140 valence electrons. The monoisotopic (exact) mass is 344 g/mol. The summed E-state index contributed by atoms with van der Waals surface area (Å²) in [6.07, 6.45) is 1.36. The van der Waals surface area contributed by atoms with Crippen LogP contribution >= 0.6 is 0 Å². The Bertz CT molecular complexity index is 243. The Morgan fingerprint density at radius 3 is 1.26 bits per heavy atom. The van der Waals surface area contributed by atoms with E-state index in [0.29, 0.717) is 12.7 Å². The van der Waals surface area contributed by atoms with Crippen molar-refractivity contribution in [2.45, 2.75) is 25.7 Å². The molecule has 0 aromatic carbocycles. The molecular weight excluding hydrogens is 316 g/mol. The lowest BCUT2D eigenvalue weighted by Crippen LogP contribution is -2.04. The van der Waals surface area contributed by atoms with E-state index in [1.165, 1.54) is 0 Å². The van der Waals surface area contributed by atoms with Gasteiger partial charge in [-0.1, -0.05) is 0 Å². The maximum Gasteiger partial charge on any atom is 0.305 e. The highest BCUT2D eigenvalue weighted by molar-refractivity contribution is 5.79. The van der Waals surface area contributed by atoms with Gasteiger partial charge in [-0.3, -0.25) is 9.59 Å². The molecule has 0 radical (unpaired) electrons. The lowest BCUT2D eigenvalue weighted by molar-refractivity contribution is -0.137. The number of carboxylic acids is 1. The van der Waals surface area contributed by atoms with Crippen molar-refractivity contribution in [3.8, 4) is 0 Å².